The largest absolute Gasteiger partial charge is 0.325 e. The van der Waals surface area contributed by atoms with Crippen LogP contribution in [-0.2, 0) is 9.59 Å². The van der Waals surface area contributed by atoms with Gasteiger partial charge in [0.25, 0.3) is 0 Å². The lowest BCUT2D eigenvalue weighted by atomic mass is 10.3. The number of anilines is 2. The van der Waals surface area contributed by atoms with Crippen molar-refractivity contribution in [3.05, 3.63) is 59.7 Å². The van der Waals surface area contributed by atoms with Gasteiger partial charge in [-0.15, -0.1) is 0 Å². The number of benzene rings is 2. The van der Waals surface area contributed by atoms with Crippen molar-refractivity contribution >= 4 is 23.2 Å². The molecule has 10 heteroatoms. The SMILES string of the molecule is O=C(CN1CCCN(CC(=O)Nc2cc(F)cc(F)c2)CC1)Nc1cc(F)cc(F)c1. The zero-order valence-electron chi connectivity index (χ0n) is 16.6. The Morgan fingerprint density at radius 1 is 0.645 bits per heavy atom. The number of carbonyl (C=O) groups is 2. The number of hydrogen-bond acceptors (Lipinski definition) is 4. The summed E-state index contributed by atoms with van der Waals surface area (Å²) in [4.78, 5) is 28.2. The molecule has 0 aliphatic carbocycles. The van der Waals surface area contributed by atoms with E-state index >= 15 is 0 Å². The molecule has 2 amide bonds. The molecule has 1 fully saturated rings. The van der Waals surface area contributed by atoms with Crippen LogP contribution in [0, 0.1) is 23.3 Å². The average Bonchev–Trinajstić information content (AvgIpc) is 2.84. The van der Waals surface area contributed by atoms with Gasteiger partial charge in [-0.1, -0.05) is 0 Å². The molecule has 0 spiro atoms. The number of nitrogens with zero attached hydrogens (tertiary/aromatic N) is 2. The Morgan fingerprint density at radius 3 is 1.35 bits per heavy atom. The monoisotopic (exact) mass is 438 g/mol. The van der Waals surface area contributed by atoms with Crippen LogP contribution in [0.4, 0.5) is 28.9 Å². The molecule has 6 nitrogen and oxygen atoms in total. The summed E-state index contributed by atoms with van der Waals surface area (Å²) in [5.74, 6) is -3.91. The van der Waals surface area contributed by atoms with Crippen molar-refractivity contribution in [2.75, 3.05) is 49.9 Å². The van der Waals surface area contributed by atoms with E-state index in [0.29, 0.717) is 32.6 Å². The molecule has 3 rings (SSSR count). The Balaban J connectivity index is 1.46. The molecule has 1 aliphatic heterocycles. The maximum absolute atomic E-state index is 13.2. The molecular weight excluding hydrogens is 416 g/mol. The number of hydrogen-bond donors (Lipinski definition) is 2. The van der Waals surface area contributed by atoms with E-state index < -0.39 is 35.1 Å². The summed E-state index contributed by atoms with van der Waals surface area (Å²) in [6.45, 7) is 2.32. The fourth-order valence-corrected chi connectivity index (χ4v) is 3.40. The minimum Gasteiger partial charge on any atom is -0.325 e. The Labute approximate surface area is 176 Å². The summed E-state index contributed by atoms with van der Waals surface area (Å²) in [7, 11) is 0. The molecule has 31 heavy (non-hydrogen) atoms. The van der Waals surface area contributed by atoms with E-state index in [9.17, 15) is 27.2 Å². The minimum absolute atomic E-state index is 0.0424. The van der Waals surface area contributed by atoms with Crippen molar-refractivity contribution in [3.8, 4) is 0 Å². The minimum atomic E-state index is -0.778. The van der Waals surface area contributed by atoms with Crippen molar-refractivity contribution in [1.29, 1.82) is 0 Å². The van der Waals surface area contributed by atoms with Gasteiger partial charge in [-0.2, -0.15) is 0 Å². The van der Waals surface area contributed by atoms with E-state index in [-0.39, 0.29) is 24.5 Å². The first kappa shape index (κ1) is 22.7. The van der Waals surface area contributed by atoms with E-state index in [4.69, 9.17) is 0 Å². The lowest BCUT2D eigenvalue weighted by Gasteiger charge is -2.21. The van der Waals surface area contributed by atoms with E-state index in [2.05, 4.69) is 10.6 Å². The topological polar surface area (TPSA) is 64.7 Å². The highest BCUT2D eigenvalue weighted by Gasteiger charge is 2.19. The van der Waals surface area contributed by atoms with Crippen LogP contribution < -0.4 is 10.6 Å². The molecule has 1 heterocycles. The van der Waals surface area contributed by atoms with Gasteiger partial charge in [-0.3, -0.25) is 19.4 Å². The summed E-state index contributed by atoms with van der Waals surface area (Å²) in [5.41, 5.74) is 0.0915. The fourth-order valence-electron chi connectivity index (χ4n) is 3.40. The molecule has 0 saturated carbocycles. The molecule has 0 radical (unpaired) electrons. The average molecular weight is 438 g/mol. The lowest BCUT2D eigenvalue weighted by molar-refractivity contribution is -0.118. The first-order valence-corrected chi connectivity index (χ1v) is 9.73. The first-order valence-electron chi connectivity index (χ1n) is 9.73. The molecule has 0 unspecified atom stereocenters. The number of rotatable bonds is 6. The van der Waals surface area contributed by atoms with Gasteiger partial charge in [0.05, 0.1) is 13.1 Å². The van der Waals surface area contributed by atoms with Crippen molar-refractivity contribution in [3.63, 3.8) is 0 Å². The van der Waals surface area contributed by atoms with Gasteiger partial charge in [0.15, 0.2) is 0 Å². The van der Waals surface area contributed by atoms with E-state index in [1.807, 2.05) is 9.80 Å². The third kappa shape index (κ3) is 7.34. The molecular formula is C21H22F4N4O2. The van der Waals surface area contributed by atoms with Gasteiger partial charge in [0.2, 0.25) is 11.8 Å². The van der Waals surface area contributed by atoms with Crippen LogP contribution >= 0.6 is 0 Å². The highest BCUT2D eigenvalue weighted by atomic mass is 19.1. The summed E-state index contributed by atoms with van der Waals surface area (Å²) in [6, 6.07) is 5.59. The lowest BCUT2D eigenvalue weighted by Crippen LogP contribution is -2.38. The number of amides is 2. The third-order valence-corrected chi connectivity index (χ3v) is 4.71. The normalized spacial score (nSPS) is 15.4. The standard InChI is InChI=1S/C21H22F4N4O2/c22-14-6-15(23)9-18(8-14)26-20(30)12-28-2-1-3-29(5-4-28)13-21(31)27-19-10-16(24)7-17(25)11-19/h6-11H,1-5,12-13H2,(H,26,30)(H,27,31). The van der Waals surface area contributed by atoms with Crippen molar-refractivity contribution in [2.45, 2.75) is 6.42 Å². The Kier molecular flexibility index (Phi) is 7.59. The van der Waals surface area contributed by atoms with E-state index in [1.165, 1.54) is 0 Å². The zero-order chi connectivity index (χ0) is 22.4. The molecule has 1 saturated heterocycles. The zero-order valence-corrected chi connectivity index (χ0v) is 16.6. The third-order valence-electron chi connectivity index (χ3n) is 4.71. The molecule has 2 N–H and O–H groups in total. The van der Waals surface area contributed by atoms with Crippen LogP contribution in [0.5, 0.6) is 0 Å². The Hall–Kier alpha value is -2.98. The molecule has 2 aromatic rings. The first-order chi connectivity index (χ1) is 14.8. The van der Waals surface area contributed by atoms with Gasteiger partial charge < -0.3 is 10.6 Å². The summed E-state index contributed by atoms with van der Waals surface area (Å²) in [6.07, 6.45) is 0.698. The number of carbonyl (C=O) groups excluding carboxylic acids is 2. The van der Waals surface area contributed by atoms with Crippen LogP contribution in [-0.4, -0.2) is 60.9 Å². The predicted octanol–water partition coefficient (Wildman–Crippen LogP) is 2.83. The second-order valence-corrected chi connectivity index (χ2v) is 7.32. The Bertz CT molecular complexity index is 841. The van der Waals surface area contributed by atoms with Crippen molar-refractivity contribution < 1.29 is 27.2 Å². The number of halogens is 4. The highest BCUT2D eigenvalue weighted by molar-refractivity contribution is 5.92. The fraction of sp³-hybridized carbons (Fsp3) is 0.333. The predicted molar refractivity (Wildman–Crippen MR) is 107 cm³/mol. The van der Waals surface area contributed by atoms with Gasteiger partial charge in [-0.25, -0.2) is 17.6 Å². The summed E-state index contributed by atoms with van der Waals surface area (Å²) in [5, 5.41) is 4.94. The molecule has 2 aromatic carbocycles. The second-order valence-electron chi connectivity index (χ2n) is 7.32. The summed E-state index contributed by atoms with van der Waals surface area (Å²) >= 11 is 0. The highest BCUT2D eigenvalue weighted by Crippen LogP contribution is 2.14. The van der Waals surface area contributed by atoms with Gasteiger partial charge >= 0.3 is 0 Å². The number of nitrogens with one attached hydrogen (secondary N) is 2. The van der Waals surface area contributed by atoms with Crippen LogP contribution in [0.3, 0.4) is 0 Å². The van der Waals surface area contributed by atoms with Crippen molar-refractivity contribution in [2.24, 2.45) is 0 Å². The molecule has 0 bridgehead atoms. The van der Waals surface area contributed by atoms with Gasteiger partial charge in [0.1, 0.15) is 23.3 Å². The van der Waals surface area contributed by atoms with Crippen LogP contribution in [0.1, 0.15) is 6.42 Å². The maximum atomic E-state index is 13.2. The second kappa shape index (κ2) is 10.4. The maximum Gasteiger partial charge on any atom is 0.238 e. The van der Waals surface area contributed by atoms with Crippen LogP contribution in [0.2, 0.25) is 0 Å². The van der Waals surface area contributed by atoms with E-state index in [1.54, 1.807) is 0 Å². The molecule has 0 atom stereocenters. The van der Waals surface area contributed by atoms with Gasteiger partial charge in [-0.05, 0) is 43.8 Å². The smallest absolute Gasteiger partial charge is 0.238 e. The quantitative estimate of drug-likeness (QED) is 0.681. The van der Waals surface area contributed by atoms with Crippen LogP contribution in [0.15, 0.2) is 36.4 Å². The van der Waals surface area contributed by atoms with Crippen molar-refractivity contribution in [1.82, 2.24) is 9.80 Å². The van der Waals surface area contributed by atoms with Crippen LogP contribution in [0.25, 0.3) is 0 Å². The summed E-state index contributed by atoms with van der Waals surface area (Å²) < 4.78 is 53.0. The molecule has 0 aromatic heterocycles. The van der Waals surface area contributed by atoms with E-state index in [0.717, 1.165) is 36.4 Å². The Morgan fingerprint density at radius 2 is 1.00 bits per heavy atom. The molecule has 166 valence electrons. The molecule has 1 aliphatic rings. The van der Waals surface area contributed by atoms with Gasteiger partial charge in [0, 0.05) is 36.6 Å².